The molecule has 1 aromatic heterocycles. The number of aliphatic hydroxyl groups excluding tert-OH is 1. The third-order valence-electron chi connectivity index (χ3n) is 5.32. The smallest absolute Gasteiger partial charge is 0.301 e. The van der Waals surface area contributed by atoms with E-state index < -0.39 is 17.7 Å². The number of nitrogens with zero attached hydrogens (tertiary/aromatic N) is 2. The molecule has 0 saturated carbocycles. The number of anilines is 1. The zero-order valence-electron chi connectivity index (χ0n) is 16.7. The van der Waals surface area contributed by atoms with E-state index in [1.165, 1.54) is 4.90 Å². The minimum Gasteiger partial charge on any atom is -0.507 e. The molecule has 1 fully saturated rings. The van der Waals surface area contributed by atoms with Crippen LogP contribution < -0.4 is 14.4 Å². The Labute approximate surface area is 192 Å². The van der Waals surface area contributed by atoms with Crippen LogP contribution in [0.15, 0.2) is 76.9 Å². The number of aromatic nitrogens is 1. The van der Waals surface area contributed by atoms with E-state index in [4.69, 9.17) is 9.47 Å². The second-order valence-corrected chi connectivity index (χ2v) is 8.19. The lowest BCUT2D eigenvalue weighted by Crippen LogP contribution is -2.30. The Morgan fingerprint density at radius 2 is 1.81 bits per heavy atom. The summed E-state index contributed by atoms with van der Waals surface area (Å²) in [6.07, 6.45) is 1.55. The number of hydrogen-bond donors (Lipinski definition) is 1. The third-order valence-corrected chi connectivity index (χ3v) is 5.81. The monoisotopic (exact) mass is 492 g/mol. The van der Waals surface area contributed by atoms with Crippen molar-refractivity contribution in [3.8, 4) is 11.5 Å². The summed E-state index contributed by atoms with van der Waals surface area (Å²) in [4.78, 5) is 31.8. The molecule has 5 rings (SSSR count). The zero-order chi connectivity index (χ0) is 22.2. The molecule has 1 unspecified atom stereocenters. The van der Waals surface area contributed by atoms with Gasteiger partial charge in [0.1, 0.15) is 24.8 Å². The number of Topliss-reactive ketones (excluding diaryl/α,β-unsaturated/α-hetero) is 1. The van der Waals surface area contributed by atoms with E-state index in [1.807, 2.05) is 18.2 Å². The first-order chi connectivity index (χ1) is 15.5. The van der Waals surface area contributed by atoms with Crippen molar-refractivity contribution in [1.82, 2.24) is 4.98 Å². The number of halogens is 1. The second-order valence-electron chi connectivity index (χ2n) is 7.27. The van der Waals surface area contributed by atoms with Crippen molar-refractivity contribution in [2.75, 3.05) is 18.1 Å². The molecule has 7 nitrogen and oxygen atoms in total. The Kier molecular flexibility index (Phi) is 5.14. The first kappa shape index (κ1) is 20.3. The van der Waals surface area contributed by atoms with Crippen molar-refractivity contribution in [3.05, 3.63) is 88.0 Å². The van der Waals surface area contributed by atoms with Gasteiger partial charge in [0, 0.05) is 16.2 Å². The lowest BCUT2D eigenvalue weighted by Gasteiger charge is -2.24. The van der Waals surface area contributed by atoms with Gasteiger partial charge in [0.15, 0.2) is 11.5 Å². The number of carbonyl (C=O) groups is 2. The zero-order valence-corrected chi connectivity index (χ0v) is 18.3. The Morgan fingerprint density at radius 3 is 2.56 bits per heavy atom. The van der Waals surface area contributed by atoms with E-state index in [0.717, 1.165) is 4.47 Å². The Hall–Kier alpha value is -3.65. The van der Waals surface area contributed by atoms with E-state index >= 15 is 0 Å². The van der Waals surface area contributed by atoms with Gasteiger partial charge < -0.3 is 14.6 Å². The van der Waals surface area contributed by atoms with Crippen molar-refractivity contribution in [2.24, 2.45) is 0 Å². The summed E-state index contributed by atoms with van der Waals surface area (Å²) in [6.45, 7) is 0.829. The molecule has 1 saturated heterocycles. The second kappa shape index (κ2) is 8.12. The molecule has 2 aromatic carbocycles. The van der Waals surface area contributed by atoms with Crippen LogP contribution in [0.4, 0.5) is 5.82 Å². The summed E-state index contributed by atoms with van der Waals surface area (Å²) in [5.41, 5.74) is 0.993. The number of amides is 1. The SMILES string of the molecule is O=C1C(=O)N(c2ccccn2)C(c2cccc(Br)c2)/C1=C(\O)c1ccc2c(c1)OCCO2. The Bertz CT molecular complexity index is 1260. The Balaban J connectivity index is 1.70. The highest BCUT2D eigenvalue weighted by Gasteiger charge is 2.47. The highest BCUT2D eigenvalue weighted by Crippen LogP contribution is 2.43. The molecule has 0 bridgehead atoms. The molecule has 2 aliphatic rings. The van der Waals surface area contributed by atoms with Gasteiger partial charge in [-0.25, -0.2) is 4.98 Å². The van der Waals surface area contributed by atoms with Gasteiger partial charge in [-0.2, -0.15) is 0 Å². The maximum absolute atomic E-state index is 13.2. The molecule has 1 N–H and O–H groups in total. The van der Waals surface area contributed by atoms with Crippen LogP contribution >= 0.6 is 15.9 Å². The molecule has 2 aliphatic heterocycles. The molecule has 0 aliphatic carbocycles. The van der Waals surface area contributed by atoms with Crippen LogP contribution in [0.3, 0.4) is 0 Å². The fourth-order valence-corrected chi connectivity index (χ4v) is 4.32. The number of pyridine rings is 1. The van der Waals surface area contributed by atoms with Crippen LogP contribution in [0.1, 0.15) is 17.2 Å². The van der Waals surface area contributed by atoms with Gasteiger partial charge in [-0.05, 0) is 48.0 Å². The quantitative estimate of drug-likeness (QED) is 0.334. The van der Waals surface area contributed by atoms with Gasteiger partial charge in [0.05, 0.1) is 11.6 Å². The van der Waals surface area contributed by atoms with Crippen LogP contribution in [0.25, 0.3) is 5.76 Å². The molecular weight excluding hydrogens is 476 g/mol. The van der Waals surface area contributed by atoms with Crippen LogP contribution in [-0.2, 0) is 9.59 Å². The van der Waals surface area contributed by atoms with Gasteiger partial charge in [0.25, 0.3) is 5.78 Å². The molecule has 0 radical (unpaired) electrons. The summed E-state index contributed by atoms with van der Waals surface area (Å²) in [6, 6.07) is 16.4. The number of ether oxygens (including phenoxy) is 2. The summed E-state index contributed by atoms with van der Waals surface area (Å²) in [5, 5.41) is 11.2. The minimum absolute atomic E-state index is 0.0181. The molecule has 3 heterocycles. The molecule has 32 heavy (non-hydrogen) atoms. The van der Waals surface area contributed by atoms with Crippen molar-refractivity contribution in [1.29, 1.82) is 0 Å². The van der Waals surface area contributed by atoms with Gasteiger partial charge >= 0.3 is 5.91 Å². The predicted molar refractivity (Wildman–Crippen MR) is 121 cm³/mol. The highest BCUT2D eigenvalue weighted by molar-refractivity contribution is 9.10. The number of carbonyl (C=O) groups excluding carboxylic acids is 2. The minimum atomic E-state index is -0.851. The maximum Gasteiger partial charge on any atom is 0.301 e. The number of fused-ring (bicyclic) bond motifs is 1. The lowest BCUT2D eigenvalue weighted by atomic mass is 9.95. The predicted octanol–water partition coefficient (Wildman–Crippen LogP) is 4.24. The molecule has 160 valence electrons. The van der Waals surface area contributed by atoms with Crippen LogP contribution in [-0.4, -0.2) is 35.0 Å². The number of ketones is 1. The molecule has 1 atom stereocenters. The topological polar surface area (TPSA) is 89.0 Å². The van der Waals surface area contributed by atoms with Gasteiger partial charge in [-0.3, -0.25) is 14.5 Å². The van der Waals surface area contributed by atoms with E-state index in [1.54, 1.807) is 48.7 Å². The first-order valence-electron chi connectivity index (χ1n) is 9.92. The van der Waals surface area contributed by atoms with Gasteiger partial charge in [-0.1, -0.05) is 34.1 Å². The number of hydrogen-bond acceptors (Lipinski definition) is 6. The summed E-state index contributed by atoms with van der Waals surface area (Å²) in [7, 11) is 0. The average Bonchev–Trinajstić information content (AvgIpc) is 3.09. The van der Waals surface area contributed by atoms with Crippen LogP contribution in [0.5, 0.6) is 11.5 Å². The molecule has 3 aromatic rings. The molecule has 8 heteroatoms. The maximum atomic E-state index is 13.2. The molecular formula is C24H17BrN2O5. The van der Waals surface area contributed by atoms with Crippen molar-refractivity contribution >= 4 is 39.2 Å². The number of aliphatic hydroxyl groups is 1. The van der Waals surface area contributed by atoms with Crippen LogP contribution in [0, 0.1) is 0 Å². The van der Waals surface area contributed by atoms with Crippen molar-refractivity contribution in [3.63, 3.8) is 0 Å². The fourth-order valence-electron chi connectivity index (χ4n) is 3.90. The van der Waals surface area contributed by atoms with Crippen molar-refractivity contribution < 1.29 is 24.2 Å². The Morgan fingerprint density at radius 1 is 1.00 bits per heavy atom. The van der Waals surface area contributed by atoms with E-state index in [-0.39, 0.29) is 11.3 Å². The molecule has 0 spiro atoms. The average molecular weight is 493 g/mol. The standard InChI is InChI=1S/C24H17BrN2O5/c25-16-5-3-4-14(12-16)21-20(23(29)24(30)27(21)19-6-1-2-9-26-19)22(28)15-7-8-17-18(13-15)32-11-10-31-17/h1-9,12-13,21,28H,10-11H2/b22-20+. The largest absolute Gasteiger partial charge is 0.507 e. The van der Waals surface area contributed by atoms with E-state index in [9.17, 15) is 14.7 Å². The number of rotatable bonds is 3. The van der Waals surface area contributed by atoms with E-state index in [2.05, 4.69) is 20.9 Å². The first-order valence-corrected chi connectivity index (χ1v) is 10.7. The van der Waals surface area contributed by atoms with Crippen molar-refractivity contribution in [2.45, 2.75) is 6.04 Å². The normalized spacial score (nSPS) is 19.3. The lowest BCUT2D eigenvalue weighted by molar-refractivity contribution is -0.132. The molecule has 1 amide bonds. The fraction of sp³-hybridized carbons (Fsp3) is 0.125. The van der Waals surface area contributed by atoms with Crippen LogP contribution in [0.2, 0.25) is 0 Å². The summed E-state index contributed by atoms with van der Waals surface area (Å²) in [5.74, 6) is -0.478. The van der Waals surface area contributed by atoms with E-state index in [0.29, 0.717) is 41.7 Å². The summed E-state index contributed by atoms with van der Waals surface area (Å²) >= 11 is 3.45. The highest BCUT2D eigenvalue weighted by atomic mass is 79.9. The third kappa shape index (κ3) is 3.42. The summed E-state index contributed by atoms with van der Waals surface area (Å²) < 4.78 is 11.9. The van der Waals surface area contributed by atoms with Gasteiger partial charge in [-0.15, -0.1) is 0 Å². The number of benzene rings is 2. The van der Waals surface area contributed by atoms with Gasteiger partial charge in [0.2, 0.25) is 0 Å².